The van der Waals surface area contributed by atoms with Crippen molar-refractivity contribution in [3.05, 3.63) is 59.7 Å². The second-order valence-corrected chi connectivity index (χ2v) is 15.3. The first-order valence-electron chi connectivity index (χ1n) is 14.1. The number of phenolic OH excluding ortho intramolecular Hbond substituents is 1. The number of hydrogen-bond acceptors (Lipinski definition) is 10. The first-order valence-corrected chi connectivity index (χ1v) is 16.3. The molecule has 10 N–H and O–H groups in total. The summed E-state index contributed by atoms with van der Waals surface area (Å²) < 4.78 is -2.17. The summed E-state index contributed by atoms with van der Waals surface area (Å²) in [5.74, 6) is -3.91. The normalized spacial score (nSPS) is 23.0. The molecule has 3 rings (SSSR count). The van der Waals surface area contributed by atoms with Crippen LogP contribution in [0.5, 0.6) is 5.75 Å². The summed E-state index contributed by atoms with van der Waals surface area (Å²) in [6.45, 7) is 6.15. The largest absolute Gasteiger partial charge is 0.508 e. The number of hydrogen-bond donors (Lipinski definition) is 8. The minimum atomic E-state index is -1.38. The number of rotatable bonds is 7. The molecule has 1 fully saturated rings. The highest BCUT2D eigenvalue weighted by atomic mass is 33.1. The topological polar surface area (TPSA) is 226 Å². The van der Waals surface area contributed by atoms with E-state index in [1.54, 1.807) is 64.1 Å². The fourth-order valence-corrected chi connectivity index (χ4v) is 7.30. The monoisotopic (exact) mass is 660 g/mol. The van der Waals surface area contributed by atoms with Crippen LogP contribution >= 0.6 is 21.6 Å². The Hall–Kier alpha value is -3.95. The Morgan fingerprint density at radius 3 is 2.11 bits per heavy atom. The number of phenols is 1. The zero-order valence-corrected chi connectivity index (χ0v) is 27.1. The smallest absolute Gasteiger partial charge is 0.327 e. The average molecular weight is 661 g/mol. The molecule has 2 aromatic carbocycles. The molecule has 244 valence electrons. The van der Waals surface area contributed by atoms with Crippen molar-refractivity contribution in [3.63, 3.8) is 0 Å². The van der Waals surface area contributed by atoms with Gasteiger partial charge in [0, 0.05) is 16.9 Å². The fourth-order valence-electron chi connectivity index (χ4n) is 4.48. The van der Waals surface area contributed by atoms with Gasteiger partial charge >= 0.3 is 5.97 Å². The van der Waals surface area contributed by atoms with E-state index in [1.807, 2.05) is 0 Å². The number of aliphatic carboxylic acids is 1. The molecule has 0 bridgehead atoms. The number of anilines is 1. The summed E-state index contributed by atoms with van der Waals surface area (Å²) in [5, 5.41) is 30.1. The lowest BCUT2D eigenvalue weighted by molar-refractivity contribution is -0.143. The number of nitrogens with two attached hydrogens (primary N) is 2. The molecule has 0 spiro atoms. The molecule has 15 heteroatoms. The summed E-state index contributed by atoms with van der Waals surface area (Å²) in [6, 6.07) is 8.09. The predicted molar refractivity (Wildman–Crippen MR) is 174 cm³/mol. The Labute approximate surface area is 269 Å². The predicted octanol–water partition coefficient (Wildman–Crippen LogP) is 0.694. The van der Waals surface area contributed by atoms with Gasteiger partial charge in [0.1, 0.15) is 23.9 Å². The maximum absolute atomic E-state index is 13.5. The number of carboxylic acid groups (broad SMARTS) is 1. The van der Waals surface area contributed by atoms with E-state index in [1.165, 1.54) is 12.1 Å². The molecule has 0 saturated carbocycles. The Balaban J connectivity index is 1.89. The van der Waals surface area contributed by atoms with Crippen molar-refractivity contribution < 1.29 is 34.2 Å². The first-order chi connectivity index (χ1) is 21.0. The van der Waals surface area contributed by atoms with Gasteiger partial charge in [-0.15, -0.1) is 0 Å². The van der Waals surface area contributed by atoms with Crippen LogP contribution in [0.2, 0.25) is 0 Å². The van der Waals surface area contributed by atoms with Gasteiger partial charge in [-0.2, -0.15) is 0 Å². The van der Waals surface area contributed by atoms with Gasteiger partial charge in [-0.05, 0) is 69.5 Å². The van der Waals surface area contributed by atoms with E-state index in [0.29, 0.717) is 16.8 Å². The van der Waals surface area contributed by atoms with Crippen molar-refractivity contribution in [2.45, 2.75) is 74.2 Å². The third-order valence-electron chi connectivity index (χ3n) is 7.17. The number of nitrogens with one attached hydrogen (secondary N) is 4. The zero-order chi connectivity index (χ0) is 33.5. The highest BCUT2D eigenvalue weighted by molar-refractivity contribution is 8.77. The molecule has 2 aromatic rings. The van der Waals surface area contributed by atoms with Crippen LogP contribution in [-0.2, 0) is 36.8 Å². The number of carboxylic acids is 1. The second kappa shape index (κ2) is 14.9. The van der Waals surface area contributed by atoms with Crippen LogP contribution in [0.3, 0.4) is 0 Å². The van der Waals surface area contributed by atoms with E-state index >= 15 is 0 Å². The van der Waals surface area contributed by atoms with E-state index in [9.17, 15) is 34.2 Å². The van der Waals surface area contributed by atoms with Crippen molar-refractivity contribution in [1.82, 2.24) is 21.3 Å². The van der Waals surface area contributed by atoms with Gasteiger partial charge in [0.25, 0.3) is 0 Å². The Morgan fingerprint density at radius 2 is 1.51 bits per heavy atom. The molecule has 0 radical (unpaired) electrons. The van der Waals surface area contributed by atoms with Crippen molar-refractivity contribution in [2.24, 2.45) is 5.73 Å². The maximum atomic E-state index is 13.5. The molecule has 4 amide bonds. The van der Waals surface area contributed by atoms with Gasteiger partial charge in [-0.25, -0.2) is 4.79 Å². The molecule has 0 aromatic heterocycles. The summed E-state index contributed by atoms with van der Waals surface area (Å²) in [7, 11) is 2.29. The highest BCUT2D eigenvalue weighted by Crippen LogP contribution is 2.46. The maximum Gasteiger partial charge on any atom is 0.327 e. The molecular weight excluding hydrogens is 620 g/mol. The third kappa shape index (κ3) is 10.0. The summed E-state index contributed by atoms with van der Waals surface area (Å²) in [5.41, 5.74) is 13.8. The lowest BCUT2D eigenvalue weighted by Gasteiger charge is -2.38. The third-order valence-corrected chi connectivity index (χ3v) is 11.4. The molecule has 1 heterocycles. The van der Waals surface area contributed by atoms with Crippen LogP contribution in [0.25, 0.3) is 0 Å². The molecule has 0 unspecified atom stereocenters. The number of amides is 4. The Bertz CT molecular complexity index is 1400. The summed E-state index contributed by atoms with van der Waals surface area (Å²) in [4.78, 5) is 65.5. The highest BCUT2D eigenvalue weighted by Gasteiger charge is 2.44. The Kier molecular flexibility index (Phi) is 11.8. The van der Waals surface area contributed by atoms with Crippen LogP contribution in [-0.4, -0.2) is 80.0 Å². The van der Waals surface area contributed by atoms with E-state index < -0.39 is 69.8 Å². The van der Waals surface area contributed by atoms with E-state index in [-0.39, 0.29) is 18.6 Å². The SMILES string of the molecule is CC1(C)SSC(C)(C)[C@H](C(=O)O)NC(=O)[C@H](Cc2ccc(N)cc2)NC(=O)CNC(=O)[C@H]1NC(=O)[C@@H](N)Cc1ccc(O)cc1. The number of nitrogen functional groups attached to an aromatic ring is 1. The quantitative estimate of drug-likeness (QED) is 0.152. The molecule has 1 saturated heterocycles. The van der Waals surface area contributed by atoms with Gasteiger partial charge in [-0.1, -0.05) is 45.9 Å². The number of aromatic hydroxyl groups is 1. The molecule has 4 atom stereocenters. The Morgan fingerprint density at radius 1 is 0.933 bits per heavy atom. The van der Waals surface area contributed by atoms with Crippen LogP contribution in [0.15, 0.2) is 48.5 Å². The van der Waals surface area contributed by atoms with Crippen LogP contribution < -0.4 is 32.7 Å². The van der Waals surface area contributed by atoms with Crippen LogP contribution in [0, 0.1) is 0 Å². The average Bonchev–Trinajstić information content (AvgIpc) is 2.97. The van der Waals surface area contributed by atoms with Crippen molar-refractivity contribution >= 4 is 56.9 Å². The molecule has 1 aliphatic rings. The molecule has 1 aliphatic heterocycles. The number of benzene rings is 2. The van der Waals surface area contributed by atoms with E-state index in [0.717, 1.165) is 21.6 Å². The van der Waals surface area contributed by atoms with Crippen molar-refractivity contribution in [2.75, 3.05) is 12.3 Å². The van der Waals surface area contributed by atoms with Gasteiger partial charge in [0.05, 0.1) is 17.3 Å². The first kappa shape index (κ1) is 35.5. The lowest BCUT2D eigenvalue weighted by Crippen LogP contribution is -2.61. The molecule has 45 heavy (non-hydrogen) atoms. The van der Waals surface area contributed by atoms with Gasteiger partial charge < -0.3 is 42.9 Å². The van der Waals surface area contributed by atoms with Gasteiger partial charge in [0.15, 0.2) is 0 Å². The van der Waals surface area contributed by atoms with Crippen LogP contribution in [0.4, 0.5) is 5.69 Å². The van der Waals surface area contributed by atoms with Crippen molar-refractivity contribution in [1.29, 1.82) is 0 Å². The van der Waals surface area contributed by atoms with Crippen molar-refractivity contribution in [3.8, 4) is 5.75 Å². The summed E-state index contributed by atoms with van der Waals surface area (Å²) in [6.07, 6.45) is 0.165. The molecular formula is C30H40N6O7S2. The van der Waals surface area contributed by atoms with E-state index in [4.69, 9.17) is 11.5 Å². The number of carbonyl (C=O) groups is 5. The summed E-state index contributed by atoms with van der Waals surface area (Å²) >= 11 is 0. The van der Waals surface area contributed by atoms with Crippen LogP contribution in [0.1, 0.15) is 38.8 Å². The molecule has 0 aliphatic carbocycles. The standard InChI is InChI=1S/C30H40N6O7S2/c1-29(2)23(35-25(39)20(32)13-16-7-11-19(37)12-8-16)27(41)33-15-22(38)34-21(14-17-5-9-18(31)10-6-17)26(40)36-24(28(42)43)30(3,4)45-44-29/h5-12,20-21,23-24,37H,13-15,31-32H2,1-4H3,(H,33,41)(H,34,38)(H,35,39)(H,36,40)(H,42,43)/t20-,21-,23+,24-/m0/s1. The fraction of sp³-hybridized carbons (Fsp3) is 0.433. The minimum absolute atomic E-state index is 0.0328. The van der Waals surface area contributed by atoms with Gasteiger partial charge in [-0.3, -0.25) is 19.2 Å². The van der Waals surface area contributed by atoms with E-state index in [2.05, 4.69) is 21.3 Å². The lowest BCUT2D eigenvalue weighted by atomic mass is 10.00. The second-order valence-electron chi connectivity index (χ2n) is 11.9. The zero-order valence-electron chi connectivity index (χ0n) is 25.5. The van der Waals surface area contributed by atoms with Gasteiger partial charge in [0.2, 0.25) is 23.6 Å². The minimum Gasteiger partial charge on any atom is -0.508 e. The number of carbonyl (C=O) groups excluding carboxylic acids is 4. The molecule has 13 nitrogen and oxygen atoms in total.